The number of Topliss-reactive ketones (excluding diaryl/α,β-unsaturated/α-hetero) is 1. The molecule has 3 fully saturated rings. The van der Waals surface area contributed by atoms with Gasteiger partial charge in [0, 0.05) is 19.0 Å². The Kier molecular flexibility index (Phi) is 12.2. The fourth-order valence-electron chi connectivity index (χ4n) is 6.64. The average Bonchev–Trinajstić information content (AvgIpc) is 3.44. The number of allylic oxidation sites excluding steroid dienone is 1. The summed E-state index contributed by atoms with van der Waals surface area (Å²) < 4.78 is 11.8. The van der Waals surface area contributed by atoms with Gasteiger partial charge in [-0.1, -0.05) is 31.4 Å². The molecule has 3 aliphatic rings. The van der Waals surface area contributed by atoms with Crippen molar-refractivity contribution in [1.82, 2.24) is 20.9 Å². The molecule has 3 rings (SSSR count). The van der Waals surface area contributed by atoms with Crippen LogP contribution >= 0.6 is 0 Å². The minimum absolute atomic E-state index is 0.105. The molecule has 11 heteroatoms. The Balaban J connectivity index is 1.89. The van der Waals surface area contributed by atoms with Gasteiger partial charge in [0.1, 0.15) is 17.7 Å². The van der Waals surface area contributed by atoms with Gasteiger partial charge in [0.05, 0.1) is 17.7 Å². The molecule has 1 aliphatic carbocycles. The standard InChI is InChI=1S/C33H52N4O7/c1-8-10-17-23(27(38)29(40)34-18-11-9-2)35-28(39)26-22-19-33(6,7)43-24(22)20-37(26)30(41)25(21-15-13-12-14-16-21)36-31(42)44-32(3,4)5/h8-9,21-26H,1-2,10-20H2,3-7H3,(H,34,40)(H,35,39)(H,36,42)/t22-,23?,24-,25+,26+/m1/s1. The van der Waals surface area contributed by atoms with Gasteiger partial charge < -0.3 is 30.3 Å². The minimum atomic E-state index is -1.09. The van der Waals surface area contributed by atoms with Gasteiger partial charge in [-0.15, -0.1) is 13.2 Å². The van der Waals surface area contributed by atoms with Crippen molar-refractivity contribution in [1.29, 1.82) is 0 Å². The van der Waals surface area contributed by atoms with Gasteiger partial charge in [-0.25, -0.2) is 4.79 Å². The Hall–Kier alpha value is -3.21. The molecular formula is C33H52N4O7. The molecule has 1 saturated carbocycles. The van der Waals surface area contributed by atoms with Crippen molar-refractivity contribution in [2.75, 3.05) is 13.1 Å². The van der Waals surface area contributed by atoms with Crippen LogP contribution in [0.25, 0.3) is 0 Å². The number of fused-ring (bicyclic) bond motifs is 1. The van der Waals surface area contributed by atoms with Crippen LogP contribution in [0, 0.1) is 11.8 Å². The molecule has 44 heavy (non-hydrogen) atoms. The molecular weight excluding hydrogens is 564 g/mol. The molecule has 0 radical (unpaired) electrons. The number of hydrogen-bond acceptors (Lipinski definition) is 7. The van der Waals surface area contributed by atoms with Gasteiger partial charge in [-0.05, 0) is 79.1 Å². The number of amides is 4. The van der Waals surface area contributed by atoms with Gasteiger partial charge in [0.2, 0.25) is 17.6 Å². The van der Waals surface area contributed by atoms with E-state index in [-0.39, 0.29) is 43.4 Å². The number of rotatable bonds is 13. The topological polar surface area (TPSA) is 143 Å². The summed E-state index contributed by atoms with van der Waals surface area (Å²) in [7, 11) is 0. The van der Waals surface area contributed by atoms with Crippen LogP contribution in [0.1, 0.15) is 92.4 Å². The molecule has 246 valence electrons. The van der Waals surface area contributed by atoms with Gasteiger partial charge in [-0.2, -0.15) is 0 Å². The number of nitrogens with zero attached hydrogens (tertiary/aromatic N) is 1. The lowest BCUT2D eigenvalue weighted by Crippen LogP contribution is -2.59. The molecule has 3 N–H and O–H groups in total. The summed E-state index contributed by atoms with van der Waals surface area (Å²) in [5.41, 5.74) is -1.24. The predicted molar refractivity (Wildman–Crippen MR) is 166 cm³/mol. The van der Waals surface area contributed by atoms with Crippen molar-refractivity contribution in [2.24, 2.45) is 11.8 Å². The molecule has 1 unspecified atom stereocenters. The maximum Gasteiger partial charge on any atom is 0.408 e. The van der Waals surface area contributed by atoms with Gasteiger partial charge >= 0.3 is 6.09 Å². The number of carbonyl (C=O) groups is 5. The number of carbonyl (C=O) groups excluding carboxylic acids is 5. The molecule has 0 spiro atoms. The molecule has 2 saturated heterocycles. The zero-order valence-corrected chi connectivity index (χ0v) is 27.1. The highest BCUT2D eigenvalue weighted by molar-refractivity contribution is 6.38. The maximum absolute atomic E-state index is 14.4. The maximum atomic E-state index is 14.4. The van der Waals surface area contributed by atoms with Crippen molar-refractivity contribution in [2.45, 2.75) is 128 Å². The second kappa shape index (κ2) is 15.2. The van der Waals surface area contributed by atoms with E-state index in [9.17, 15) is 24.0 Å². The average molecular weight is 617 g/mol. The Bertz CT molecular complexity index is 1090. The lowest BCUT2D eigenvalue weighted by molar-refractivity contribution is -0.144. The molecule has 2 aliphatic heterocycles. The molecule has 11 nitrogen and oxygen atoms in total. The summed E-state index contributed by atoms with van der Waals surface area (Å²) in [6.07, 6.45) is 8.28. The van der Waals surface area contributed by atoms with E-state index in [0.29, 0.717) is 19.3 Å². The van der Waals surface area contributed by atoms with E-state index in [0.717, 1.165) is 32.1 Å². The van der Waals surface area contributed by atoms with Crippen molar-refractivity contribution in [3.8, 4) is 0 Å². The number of ketones is 1. The van der Waals surface area contributed by atoms with E-state index < -0.39 is 53.0 Å². The second-order valence-corrected chi connectivity index (χ2v) is 13.9. The molecule has 0 aromatic heterocycles. The van der Waals surface area contributed by atoms with E-state index in [1.54, 1.807) is 32.9 Å². The summed E-state index contributed by atoms with van der Waals surface area (Å²) in [5, 5.41) is 8.21. The first-order valence-electron chi connectivity index (χ1n) is 16.0. The zero-order valence-electron chi connectivity index (χ0n) is 27.1. The number of nitrogens with one attached hydrogen (secondary N) is 3. The summed E-state index contributed by atoms with van der Waals surface area (Å²) >= 11 is 0. The predicted octanol–water partition coefficient (Wildman–Crippen LogP) is 3.57. The largest absolute Gasteiger partial charge is 0.444 e. The quantitative estimate of drug-likeness (QED) is 0.163. The van der Waals surface area contributed by atoms with Crippen LogP contribution in [0.15, 0.2) is 25.3 Å². The minimum Gasteiger partial charge on any atom is -0.444 e. The fraction of sp³-hybridized carbons (Fsp3) is 0.727. The summed E-state index contributed by atoms with van der Waals surface area (Å²) in [6.45, 7) is 16.9. The summed E-state index contributed by atoms with van der Waals surface area (Å²) in [6, 6.07) is -2.91. The summed E-state index contributed by atoms with van der Waals surface area (Å²) in [5.74, 6) is -2.86. The molecule has 0 aromatic carbocycles. The summed E-state index contributed by atoms with van der Waals surface area (Å²) in [4.78, 5) is 68.6. The Morgan fingerprint density at radius 2 is 1.68 bits per heavy atom. The number of alkyl carbamates (subject to hydrolysis) is 1. The first-order chi connectivity index (χ1) is 20.7. The molecule has 2 heterocycles. The van der Waals surface area contributed by atoms with Crippen LogP contribution in [0.2, 0.25) is 0 Å². The number of likely N-dealkylation sites (tertiary alicyclic amines) is 1. The van der Waals surface area contributed by atoms with Crippen LogP contribution in [-0.4, -0.2) is 83.0 Å². The SMILES string of the molecule is C=CCCNC(=O)C(=O)C(CCC=C)NC(=O)[C@@H]1[C@@H]2CC(C)(C)O[C@@H]2CN1C(=O)[C@@H](NC(=O)OC(C)(C)C)C1CCCCC1. The third-order valence-electron chi connectivity index (χ3n) is 8.55. The number of hydrogen-bond donors (Lipinski definition) is 3. The first kappa shape index (κ1) is 35.3. The van der Waals surface area contributed by atoms with Crippen LogP contribution in [0.3, 0.4) is 0 Å². The van der Waals surface area contributed by atoms with Crippen molar-refractivity contribution in [3.63, 3.8) is 0 Å². The van der Waals surface area contributed by atoms with Crippen molar-refractivity contribution in [3.05, 3.63) is 25.3 Å². The fourth-order valence-corrected chi connectivity index (χ4v) is 6.64. The van der Waals surface area contributed by atoms with Crippen molar-refractivity contribution >= 4 is 29.6 Å². The third-order valence-corrected chi connectivity index (χ3v) is 8.55. The second-order valence-electron chi connectivity index (χ2n) is 13.9. The molecule has 4 amide bonds. The highest BCUT2D eigenvalue weighted by Gasteiger charge is 2.56. The highest BCUT2D eigenvalue weighted by atomic mass is 16.6. The third kappa shape index (κ3) is 9.39. The lowest BCUT2D eigenvalue weighted by atomic mass is 9.83. The monoisotopic (exact) mass is 616 g/mol. The van der Waals surface area contributed by atoms with Crippen LogP contribution < -0.4 is 16.0 Å². The van der Waals surface area contributed by atoms with Gasteiger partial charge in [0.15, 0.2) is 0 Å². The van der Waals surface area contributed by atoms with Gasteiger partial charge in [0.25, 0.3) is 5.91 Å². The van der Waals surface area contributed by atoms with E-state index in [1.165, 1.54) is 4.90 Å². The Morgan fingerprint density at radius 3 is 2.30 bits per heavy atom. The van der Waals surface area contributed by atoms with Crippen LogP contribution in [0.4, 0.5) is 4.79 Å². The first-order valence-corrected chi connectivity index (χ1v) is 16.0. The van der Waals surface area contributed by atoms with Crippen molar-refractivity contribution < 1.29 is 33.4 Å². The number of ether oxygens (including phenoxy) is 2. The lowest BCUT2D eigenvalue weighted by Gasteiger charge is -2.36. The highest BCUT2D eigenvalue weighted by Crippen LogP contribution is 2.43. The normalized spacial score (nSPS) is 24.4. The Morgan fingerprint density at radius 1 is 1.02 bits per heavy atom. The molecule has 0 aromatic rings. The van der Waals surface area contributed by atoms with Crippen LogP contribution in [-0.2, 0) is 28.7 Å². The molecule has 0 bridgehead atoms. The van der Waals surface area contributed by atoms with E-state index in [2.05, 4.69) is 29.1 Å². The van der Waals surface area contributed by atoms with E-state index >= 15 is 0 Å². The van der Waals surface area contributed by atoms with Gasteiger partial charge in [-0.3, -0.25) is 19.2 Å². The van der Waals surface area contributed by atoms with E-state index in [4.69, 9.17) is 9.47 Å². The smallest absolute Gasteiger partial charge is 0.408 e. The zero-order chi connectivity index (χ0) is 32.7. The molecule has 5 atom stereocenters. The van der Waals surface area contributed by atoms with Crippen LogP contribution in [0.5, 0.6) is 0 Å². The Labute approximate surface area is 261 Å². The van der Waals surface area contributed by atoms with E-state index in [1.807, 2.05) is 13.8 Å².